The number of alkyl carbamates (subject to hydrolysis) is 1. The van der Waals surface area contributed by atoms with E-state index in [1.54, 1.807) is 12.1 Å². The summed E-state index contributed by atoms with van der Waals surface area (Å²) in [7, 11) is 0. The number of amides is 2. The van der Waals surface area contributed by atoms with Gasteiger partial charge in [0, 0.05) is 0 Å². The molecule has 142 valence electrons. The zero-order chi connectivity index (χ0) is 19.4. The van der Waals surface area contributed by atoms with E-state index >= 15 is 0 Å². The molecule has 1 aliphatic rings. The van der Waals surface area contributed by atoms with E-state index in [4.69, 9.17) is 4.74 Å². The molecule has 27 heavy (non-hydrogen) atoms. The van der Waals surface area contributed by atoms with Crippen molar-refractivity contribution in [1.82, 2.24) is 15.6 Å². The quantitative estimate of drug-likeness (QED) is 0.476. The summed E-state index contributed by atoms with van der Waals surface area (Å²) in [6, 6.07) is 9.60. The van der Waals surface area contributed by atoms with E-state index in [0.29, 0.717) is 14.8 Å². The van der Waals surface area contributed by atoms with E-state index in [1.807, 2.05) is 30.3 Å². The molecule has 0 saturated heterocycles. The number of hydrogen-bond donors (Lipinski definition) is 4. The van der Waals surface area contributed by atoms with Gasteiger partial charge >= 0.3 is 6.09 Å². The Morgan fingerprint density at radius 1 is 1.15 bits per heavy atom. The van der Waals surface area contributed by atoms with Gasteiger partial charge in [-0.2, -0.15) is 0 Å². The number of hydrogen-bond acceptors (Lipinski definition) is 4. The van der Waals surface area contributed by atoms with Gasteiger partial charge in [-0.15, -0.1) is 0 Å². The van der Waals surface area contributed by atoms with Crippen molar-refractivity contribution in [2.24, 2.45) is 0 Å². The first-order valence-corrected chi connectivity index (χ1v) is 9.71. The topological polar surface area (TPSA) is 103 Å². The number of aromatic nitrogens is 1. The Balaban J connectivity index is 1.57. The third-order valence-corrected chi connectivity index (χ3v) is 5.82. The van der Waals surface area contributed by atoms with Crippen LogP contribution in [0.5, 0.6) is 0 Å². The van der Waals surface area contributed by atoms with Crippen molar-refractivity contribution in [3.8, 4) is 0 Å². The van der Waals surface area contributed by atoms with E-state index in [2.05, 4.69) is 47.5 Å². The highest BCUT2D eigenvalue weighted by Crippen LogP contribution is 2.23. The number of aliphatic hydroxyl groups excluding tert-OH is 1. The van der Waals surface area contributed by atoms with Crippen molar-refractivity contribution >= 4 is 43.9 Å². The molecule has 0 fully saturated rings. The van der Waals surface area contributed by atoms with Crippen LogP contribution in [0.25, 0.3) is 0 Å². The van der Waals surface area contributed by atoms with Crippen molar-refractivity contribution < 1.29 is 19.4 Å². The Morgan fingerprint density at radius 2 is 1.89 bits per heavy atom. The minimum Gasteiger partial charge on any atom is -0.445 e. The van der Waals surface area contributed by atoms with Crippen molar-refractivity contribution in [1.29, 1.82) is 0 Å². The molecule has 3 rings (SSSR count). The number of nitrogens with one attached hydrogen (secondary N) is 3. The number of benzene rings is 1. The summed E-state index contributed by atoms with van der Waals surface area (Å²) >= 11 is 6.58. The summed E-state index contributed by atoms with van der Waals surface area (Å²) in [4.78, 5) is 27.3. The maximum atomic E-state index is 12.4. The van der Waals surface area contributed by atoms with Gasteiger partial charge in [-0.3, -0.25) is 4.79 Å². The highest BCUT2D eigenvalue weighted by Gasteiger charge is 2.33. The third kappa shape index (κ3) is 5.00. The Hall–Kier alpha value is -2.10. The van der Waals surface area contributed by atoms with E-state index in [-0.39, 0.29) is 12.5 Å². The number of rotatable bonds is 5. The molecule has 0 unspecified atom stereocenters. The number of ether oxygens (including phenoxy) is 1. The van der Waals surface area contributed by atoms with Crippen molar-refractivity contribution in [3.05, 3.63) is 68.9 Å². The molecule has 4 N–H and O–H groups in total. The van der Waals surface area contributed by atoms with E-state index in [0.717, 1.165) is 5.56 Å². The predicted molar refractivity (Wildman–Crippen MR) is 106 cm³/mol. The molecule has 7 nitrogen and oxygen atoms in total. The van der Waals surface area contributed by atoms with Gasteiger partial charge in [0.15, 0.2) is 0 Å². The van der Waals surface area contributed by atoms with Gasteiger partial charge in [-0.05, 0) is 43.5 Å². The van der Waals surface area contributed by atoms with Gasteiger partial charge in [-0.25, -0.2) is 4.79 Å². The molecule has 0 spiro atoms. The second-order valence-corrected chi connectivity index (χ2v) is 7.60. The van der Waals surface area contributed by atoms with E-state index in [1.165, 1.54) is 6.08 Å². The zero-order valence-corrected chi connectivity index (χ0v) is 17.2. The van der Waals surface area contributed by atoms with Gasteiger partial charge in [0.2, 0.25) is 0 Å². The van der Waals surface area contributed by atoms with Crippen LogP contribution in [-0.4, -0.2) is 40.3 Å². The average molecular weight is 499 g/mol. The highest BCUT2D eigenvalue weighted by atomic mass is 79.9. The lowest BCUT2D eigenvalue weighted by atomic mass is 10.1. The summed E-state index contributed by atoms with van der Waals surface area (Å²) in [5.41, 5.74) is 1.19. The van der Waals surface area contributed by atoms with Crippen LogP contribution in [0, 0.1) is 0 Å². The Labute approximate surface area is 172 Å². The molecule has 0 radical (unpaired) electrons. The Bertz CT molecular complexity index is 834. The highest BCUT2D eigenvalue weighted by molar-refractivity contribution is 9.13. The van der Waals surface area contributed by atoms with Crippen molar-refractivity contribution in [2.75, 3.05) is 0 Å². The maximum Gasteiger partial charge on any atom is 0.407 e. The largest absolute Gasteiger partial charge is 0.445 e. The normalized spacial score (nSPS) is 21.1. The second kappa shape index (κ2) is 8.73. The lowest BCUT2D eigenvalue weighted by Crippen LogP contribution is -2.53. The molecule has 3 atom stereocenters. The number of carbonyl (C=O) groups is 2. The van der Waals surface area contributed by atoms with Crippen LogP contribution < -0.4 is 10.6 Å². The Morgan fingerprint density at radius 3 is 2.56 bits per heavy atom. The number of carbonyl (C=O) groups excluding carboxylic acids is 2. The summed E-state index contributed by atoms with van der Waals surface area (Å²) in [5.74, 6) is -0.366. The fourth-order valence-electron chi connectivity index (χ4n) is 2.65. The molecule has 0 bridgehead atoms. The maximum absolute atomic E-state index is 12.4. The van der Waals surface area contributed by atoms with Gasteiger partial charge in [0.25, 0.3) is 5.91 Å². The molecule has 1 aliphatic carbocycles. The van der Waals surface area contributed by atoms with Crippen molar-refractivity contribution in [3.63, 3.8) is 0 Å². The zero-order valence-electron chi connectivity index (χ0n) is 14.0. The number of halogens is 2. The molecule has 0 aliphatic heterocycles. The Kier molecular flexibility index (Phi) is 6.35. The molecule has 1 heterocycles. The van der Waals surface area contributed by atoms with Gasteiger partial charge < -0.3 is 25.5 Å². The molecule has 1 aromatic carbocycles. The fraction of sp³-hybridized carbons (Fsp3) is 0.222. The lowest BCUT2D eigenvalue weighted by Gasteiger charge is -2.24. The first-order chi connectivity index (χ1) is 12.9. The lowest BCUT2D eigenvalue weighted by molar-refractivity contribution is 0.0902. The van der Waals surface area contributed by atoms with Gasteiger partial charge in [-0.1, -0.05) is 42.5 Å². The minimum atomic E-state index is -0.929. The van der Waals surface area contributed by atoms with Crippen LogP contribution in [0.4, 0.5) is 4.79 Å². The van der Waals surface area contributed by atoms with Crippen LogP contribution in [0.1, 0.15) is 16.1 Å². The van der Waals surface area contributed by atoms with Crippen LogP contribution in [0.3, 0.4) is 0 Å². The summed E-state index contributed by atoms with van der Waals surface area (Å²) in [5, 5.41) is 15.5. The van der Waals surface area contributed by atoms with Crippen LogP contribution in [0.2, 0.25) is 0 Å². The minimum absolute atomic E-state index is 0.116. The van der Waals surface area contributed by atoms with E-state index < -0.39 is 24.3 Å². The summed E-state index contributed by atoms with van der Waals surface area (Å²) < 4.78 is 6.54. The van der Waals surface area contributed by atoms with Crippen LogP contribution >= 0.6 is 31.9 Å². The average Bonchev–Trinajstić information content (AvgIpc) is 3.17. The fourth-order valence-corrected chi connectivity index (χ4v) is 3.31. The summed E-state index contributed by atoms with van der Waals surface area (Å²) in [6.07, 6.45) is 1.56. The second-order valence-electron chi connectivity index (χ2n) is 5.95. The number of H-pyrrole nitrogens is 1. The summed E-state index contributed by atoms with van der Waals surface area (Å²) in [6.45, 7) is 0.116. The molecular formula is C18H17Br2N3O4. The smallest absolute Gasteiger partial charge is 0.407 e. The van der Waals surface area contributed by atoms with Crippen LogP contribution in [-0.2, 0) is 11.3 Å². The van der Waals surface area contributed by atoms with Crippen molar-refractivity contribution in [2.45, 2.75) is 24.8 Å². The molecular weight excluding hydrogens is 482 g/mol. The number of aromatic amines is 1. The molecule has 2 aromatic rings. The molecule has 9 heteroatoms. The van der Waals surface area contributed by atoms with Gasteiger partial charge in [0.1, 0.15) is 12.3 Å². The first-order valence-electron chi connectivity index (χ1n) is 8.12. The van der Waals surface area contributed by atoms with Gasteiger partial charge in [0.05, 0.1) is 27.3 Å². The SMILES string of the molecule is O=C(N[C@@H]1[C@H](O)C=C[C@H]1NC(=O)c1cc(Br)c(Br)[nH]1)OCc1ccccc1. The predicted octanol–water partition coefficient (Wildman–Crippen LogP) is 2.86. The molecule has 0 saturated carbocycles. The number of aliphatic hydroxyl groups is 1. The monoisotopic (exact) mass is 497 g/mol. The third-order valence-electron chi connectivity index (χ3n) is 4.04. The standard InChI is InChI=1S/C18H17Br2N3O4/c19-11-8-13(21-16(11)20)17(25)22-12-6-7-14(24)15(12)23-18(26)27-9-10-4-2-1-3-5-10/h1-8,12,14-15,21,24H,9H2,(H,22,25)(H,23,26)/t12-,14-,15+/m1/s1. The molecule has 2 amide bonds. The molecule has 1 aromatic heterocycles. The van der Waals surface area contributed by atoms with Crippen LogP contribution in [0.15, 0.2) is 57.6 Å². The van der Waals surface area contributed by atoms with E-state index in [9.17, 15) is 14.7 Å². The first kappa shape index (κ1) is 19.7.